The van der Waals surface area contributed by atoms with Crippen molar-refractivity contribution in [2.24, 2.45) is 17.4 Å². The average molecular weight is 331 g/mol. The fourth-order valence-electron chi connectivity index (χ4n) is 2.71. The Hall–Kier alpha value is -0.0451. The molecule has 20 heavy (non-hydrogen) atoms. The van der Waals surface area contributed by atoms with Crippen molar-refractivity contribution in [2.75, 3.05) is 0 Å². The molecule has 1 rings (SSSR count). The molecule has 1 fully saturated rings. The van der Waals surface area contributed by atoms with Gasteiger partial charge in [0.1, 0.15) is 5.54 Å². The third kappa shape index (κ3) is 6.16. The number of carboxylic acid groups (broad SMARTS) is 1. The average Bonchev–Trinajstić information content (AvgIpc) is 2.71. The molecular weight excluding hydrogens is 306 g/mol. The van der Waals surface area contributed by atoms with Gasteiger partial charge in [-0.2, -0.15) is 0 Å². The van der Waals surface area contributed by atoms with Crippen molar-refractivity contribution in [3.63, 3.8) is 0 Å². The quantitative estimate of drug-likeness (QED) is 0.339. The first-order valence-electron chi connectivity index (χ1n) is 6.50. The maximum absolute atomic E-state index is 11.4. The fraction of sp³-hybridized carbons (Fsp3) is 0.909. The van der Waals surface area contributed by atoms with Crippen LogP contribution in [0.15, 0.2) is 0 Å². The minimum absolute atomic E-state index is 0. The molecule has 6 nitrogen and oxygen atoms in total. The lowest BCUT2D eigenvalue weighted by molar-refractivity contribution is -0.146. The molecule has 0 aliphatic heterocycles. The predicted molar refractivity (Wildman–Crippen MR) is 83.2 cm³/mol. The zero-order chi connectivity index (χ0) is 13.8. The van der Waals surface area contributed by atoms with Crippen molar-refractivity contribution in [2.45, 2.75) is 56.4 Å². The predicted octanol–water partition coefficient (Wildman–Crippen LogP) is 0.383. The Morgan fingerprint density at radius 2 is 1.85 bits per heavy atom. The Balaban J connectivity index is 0. The van der Waals surface area contributed by atoms with Gasteiger partial charge in [0.25, 0.3) is 0 Å². The summed E-state index contributed by atoms with van der Waals surface area (Å²) in [6.07, 6.45) is 3.98. The second-order valence-corrected chi connectivity index (χ2v) is 5.34. The molecule has 1 saturated carbocycles. The second kappa shape index (κ2) is 9.81. The van der Waals surface area contributed by atoms with E-state index < -0.39 is 18.6 Å². The molecule has 0 heterocycles. The Labute approximate surface area is 132 Å². The molecule has 1 aliphatic carbocycles. The smallest absolute Gasteiger partial charge is 0.451 e. The Morgan fingerprint density at radius 3 is 2.25 bits per heavy atom. The SMILES string of the molecule is Cl.Cl.N[C@H]1CC[C@@H]([C@@](N)(CCCCB(O)O)C(=O)O)C1. The number of hydrogen-bond donors (Lipinski definition) is 5. The van der Waals surface area contributed by atoms with E-state index in [1.165, 1.54) is 0 Å². The lowest BCUT2D eigenvalue weighted by atomic mass is 9.77. The summed E-state index contributed by atoms with van der Waals surface area (Å²) in [6.45, 7) is 0. The molecule has 0 aromatic carbocycles. The maximum Gasteiger partial charge on any atom is 0.451 e. The molecule has 0 spiro atoms. The van der Waals surface area contributed by atoms with Crippen LogP contribution in [-0.4, -0.2) is 39.8 Å². The van der Waals surface area contributed by atoms with Crippen LogP contribution in [0.25, 0.3) is 0 Å². The Morgan fingerprint density at radius 1 is 1.25 bits per heavy atom. The van der Waals surface area contributed by atoms with Gasteiger partial charge in [-0.1, -0.05) is 12.8 Å². The molecule has 0 bridgehead atoms. The normalized spacial score (nSPS) is 24.2. The minimum Gasteiger partial charge on any atom is -0.480 e. The van der Waals surface area contributed by atoms with Crippen LogP contribution in [0, 0.1) is 5.92 Å². The summed E-state index contributed by atoms with van der Waals surface area (Å²) in [5, 5.41) is 26.8. The van der Waals surface area contributed by atoms with Crippen LogP contribution in [0.4, 0.5) is 0 Å². The molecule has 1 aliphatic rings. The van der Waals surface area contributed by atoms with Crippen molar-refractivity contribution >= 4 is 37.9 Å². The van der Waals surface area contributed by atoms with Crippen molar-refractivity contribution in [3.8, 4) is 0 Å². The zero-order valence-electron chi connectivity index (χ0n) is 11.4. The number of nitrogens with two attached hydrogens (primary N) is 2. The van der Waals surface area contributed by atoms with Gasteiger partial charge >= 0.3 is 13.1 Å². The van der Waals surface area contributed by atoms with Crippen LogP contribution in [0.3, 0.4) is 0 Å². The van der Waals surface area contributed by atoms with E-state index in [0.29, 0.717) is 25.7 Å². The summed E-state index contributed by atoms with van der Waals surface area (Å²) in [5.41, 5.74) is 10.6. The van der Waals surface area contributed by atoms with Gasteiger partial charge in [0.2, 0.25) is 0 Å². The highest BCUT2D eigenvalue weighted by molar-refractivity contribution is 6.40. The highest BCUT2D eigenvalue weighted by Crippen LogP contribution is 2.35. The van der Waals surface area contributed by atoms with Gasteiger partial charge in [0, 0.05) is 6.04 Å². The van der Waals surface area contributed by atoms with Gasteiger partial charge in [0.05, 0.1) is 0 Å². The van der Waals surface area contributed by atoms with Crippen molar-refractivity contribution < 1.29 is 19.9 Å². The van der Waals surface area contributed by atoms with Gasteiger partial charge < -0.3 is 26.6 Å². The van der Waals surface area contributed by atoms with Crippen molar-refractivity contribution in [3.05, 3.63) is 0 Å². The summed E-state index contributed by atoms with van der Waals surface area (Å²) in [5.74, 6) is -1.06. The molecule has 0 aromatic heterocycles. The topological polar surface area (TPSA) is 130 Å². The van der Waals surface area contributed by atoms with Crippen LogP contribution in [0.5, 0.6) is 0 Å². The zero-order valence-corrected chi connectivity index (χ0v) is 13.0. The molecule has 0 amide bonds. The molecule has 3 atom stereocenters. The number of unbranched alkanes of at least 4 members (excludes halogenated alkanes) is 1. The van der Waals surface area contributed by atoms with Gasteiger partial charge in [-0.3, -0.25) is 4.79 Å². The maximum atomic E-state index is 11.4. The third-order valence-corrected chi connectivity index (χ3v) is 3.90. The van der Waals surface area contributed by atoms with Crippen LogP contribution in [0.1, 0.15) is 38.5 Å². The molecule has 120 valence electrons. The molecule has 0 unspecified atom stereocenters. The van der Waals surface area contributed by atoms with Crippen LogP contribution in [0.2, 0.25) is 6.32 Å². The summed E-state index contributed by atoms with van der Waals surface area (Å²) < 4.78 is 0. The van der Waals surface area contributed by atoms with E-state index in [1.54, 1.807) is 0 Å². The molecule has 0 aromatic rings. The lowest BCUT2D eigenvalue weighted by Gasteiger charge is -2.31. The summed E-state index contributed by atoms with van der Waals surface area (Å²) >= 11 is 0. The van der Waals surface area contributed by atoms with E-state index in [4.69, 9.17) is 21.5 Å². The highest BCUT2D eigenvalue weighted by atomic mass is 35.5. The number of aliphatic carboxylic acids is 1. The summed E-state index contributed by atoms with van der Waals surface area (Å²) in [7, 11) is -1.33. The standard InChI is InChI=1S/C11H23BN2O4.2ClH/c13-9-4-3-8(7-9)11(14,10(15)16)5-1-2-6-12(17)18;;/h8-9,17-18H,1-7,13-14H2,(H,15,16);2*1H/t8-,9+,11+;;/m1../s1. The van der Waals surface area contributed by atoms with Gasteiger partial charge in [-0.15, -0.1) is 24.8 Å². The van der Waals surface area contributed by atoms with Gasteiger partial charge in [0.15, 0.2) is 0 Å². The fourth-order valence-corrected chi connectivity index (χ4v) is 2.71. The van der Waals surface area contributed by atoms with Crippen LogP contribution >= 0.6 is 24.8 Å². The van der Waals surface area contributed by atoms with Gasteiger partial charge in [-0.05, 0) is 37.9 Å². The molecule has 0 saturated heterocycles. The molecule has 7 N–H and O–H groups in total. The van der Waals surface area contributed by atoms with E-state index in [-0.39, 0.29) is 43.1 Å². The van der Waals surface area contributed by atoms with E-state index in [2.05, 4.69) is 0 Å². The first-order chi connectivity index (χ1) is 8.36. The Bertz CT molecular complexity index is 300. The largest absolute Gasteiger partial charge is 0.480 e. The number of carboxylic acids is 1. The second-order valence-electron chi connectivity index (χ2n) is 5.34. The monoisotopic (exact) mass is 330 g/mol. The lowest BCUT2D eigenvalue weighted by Crippen LogP contribution is -2.53. The third-order valence-electron chi connectivity index (χ3n) is 3.90. The van der Waals surface area contributed by atoms with Crippen molar-refractivity contribution in [1.29, 1.82) is 0 Å². The van der Waals surface area contributed by atoms with E-state index >= 15 is 0 Å². The Kier molecular flexibility index (Phi) is 10.9. The van der Waals surface area contributed by atoms with Crippen LogP contribution in [-0.2, 0) is 4.79 Å². The number of hydrogen-bond acceptors (Lipinski definition) is 5. The number of halogens is 2. The highest BCUT2D eigenvalue weighted by Gasteiger charge is 2.44. The molecular formula is C11H25BCl2N2O4. The van der Waals surface area contributed by atoms with Crippen molar-refractivity contribution in [1.82, 2.24) is 0 Å². The van der Waals surface area contributed by atoms with Gasteiger partial charge in [-0.25, -0.2) is 0 Å². The van der Waals surface area contributed by atoms with Crippen LogP contribution < -0.4 is 11.5 Å². The molecule has 9 heteroatoms. The molecule has 0 radical (unpaired) electrons. The van der Waals surface area contributed by atoms with E-state index in [0.717, 1.165) is 12.8 Å². The minimum atomic E-state index is -1.33. The first-order valence-corrected chi connectivity index (χ1v) is 6.50. The summed E-state index contributed by atoms with van der Waals surface area (Å²) in [4.78, 5) is 11.4. The van der Waals surface area contributed by atoms with E-state index in [9.17, 15) is 9.90 Å². The number of rotatable bonds is 7. The first kappa shape index (κ1) is 22.2. The van der Waals surface area contributed by atoms with E-state index in [1.807, 2.05) is 0 Å². The number of carbonyl (C=O) groups is 1. The summed E-state index contributed by atoms with van der Waals surface area (Å²) in [6, 6.07) is 0.0524.